The van der Waals surface area contributed by atoms with Gasteiger partial charge in [0.25, 0.3) is 11.6 Å². The van der Waals surface area contributed by atoms with Crippen molar-refractivity contribution in [2.75, 3.05) is 31.5 Å². The van der Waals surface area contributed by atoms with Crippen molar-refractivity contribution in [1.82, 2.24) is 10.2 Å². The van der Waals surface area contributed by atoms with Crippen LogP contribution in [0.4, 0.5) is 11.4 Å². The van der Waals surface area contributed by atoms with Crippen molar-refractivity contribution >= 4 is 17.3 Å². The van der Waals surface area contributed by atoms with Gasteiger partial charge in [-0.25, -0.2) is 0 Å². The van der Waals surface area contributed by atoms with Crippen LogP contribution in [-0.4, -0.2) is 60.2 Å². The van der Waals surface area contributed by atoms with Crippen molar-refractivity contribution in [2.24, 2.45) is 0 Å². The van der Waals surface area contributed by atoms with E-state index in [-0.39, 0.29) is 23.8 Å². The predicted molar refractivity (Wildman–Crippen MR) is 103 cm³/mol. The zero-order chi connectivity index (χ0) is 19.4. The summed E-state index contributed by atoms with van der Waals surface area (Å²) in [4.78, 5) is 25.5. The van der Waals surface area contributed by atoms with Crippen molar-refractivity contribution in [3.05, 3.63) is 33.9 Å². The SMILES string of the molecule is C[C@@H]1CN(CCCNC(=O)c2ccc(NC3CC3)c([N+](=O)[O-])c2)C[C@@H](C)O1. The molecule has 3 rings (SSSR count). The summed E-state index contributed by atoms with van der Waals surface area (Å²) in [5, 5.41) is 17.3. The van der Waals surface area contributed by atoms with Crippen LogP contribution in [-0.2, 0) is 4.74 Å². The van der Waals surface area contributed by atoms with E-state index in [4.69, 9.17) is 4.74 Å². The first-order chi connectivity index (χ1) is 12.9. The van der Waals surface area contributed by atoms with Crippen LogP contribution in [0.5, 0.6) is 0 Å². The molecule has 1 aliphatic heterocycles. The minimum atomic E-state index is -0.442. The molecule has 0 unspecified atom stereocenters. The molecule has 1 aliphatic carbocycles. The number of carbonyl (C=O) groups is 1. The molecule has 0 radical (unpaired) electrons. The summed E-state index contributed by atoms with van der Waals surface area (Å²) in [6.07, 6.45) is 3.34. The molecule has 1 saturated heterocycles. The Morgan fingerprint density at radius 2 is 2.00 bits per heavy atom. The third-order valence-electron chi connectivity index (χ3n) is 4.83. The smallest absolute Gasteiger partial charge is 0.293 e. The molecule has 1 aromatic carbocycles. The molecule has 1 aromatic rings. The summed E-state index contributed by atoms with van der Waals surface area (Å²) < 4.78 is 5.72. The minimum absolute atomic E-state index is 0.0501. The van der Waals surface area contributed by atoms with Gasteiger partial charge in [-0.05, 0) is 45.2 Å². The lowest BCUT2D eigenvalue weighted by molar-refractivity contribution is -0.384. The van der Waals surface area contributed by atoms with E-state index in [0.29, 0.717) is 23.8 Å². The third kappa shape index (κ3) is 5.64. The quantitative estimate of drug-likeness (QED) is 0.411. The van der Waals surface area contributed by atoms with E-state index < -0.39 is 4.92 Å². The van der Waals surface area contributed by atoms with Gasteiger partial charge < -0.3 is 15.4 Å². The van der Waals surface area contributed by atoms with Crippen LogP contribution in [0.15, 0.2) is 18.2 Å². The van der Waals surface area contributed by atoms with Crippen LogP contribution in [0.25, 0.3) is 0 Å². The van der Waals surface area contributed by atoms with Gasteiger partial charge in [-0.2, -0.15) is 0 Å². The monoisotopic (exact) mass is 376 g/mol. The van der Waals surface area contributed by atoms with Gasteiger partial charge in [0, 0.05) is 43.9 Å². The van der Waals surface area contributed by atoms with E-state index in [9.17, 15) is 14.9 Å². The Morgan fingerprint density at radius 1 is 1.30 bits per heavy atom. The zero-order valence-electron chi connectivity index (χ0n) is 15.9. The summed E-state index contributed by atoms with van der Waals surface area (Å²) in [5.41, 5.74) is 0.747. The topological polar surface area (TPSA) is 96.7 Å². The highest BCUT2D eigenvalue weighted by Gasteiger charge is 2.25. The first-order valence-corrected chi connectivity index (χ1v) is 9.63. The van der Waals surface area contributed by atoms with Crippen molar-refractivity contribution in [1.29, 1.82) is 0 Å². The zero-order valence-corrected chi connectivity index (χ0v) is 15.9. The van der Waals surface area contributed by atoms with E-state index >= 15 is 0 Å². The lowest BCUT2D eigenvalue weighted by atomic mass is 10.1. The second-order valence-corrected chi connectivity index (χ2v) is 7.53. The summed E-state index contributed by atoms with van der Waals surface area (Å²) >= 11 is 0. The fourth-order valence-corrected chi connectivity index (χ4v) is 3.47. The fraction of sp³-hybridized carbons (Fsp3) is 0.632. The van der Waals surface area contributed by atoms with Crippen LogP contribution in [0.3, 0.4) is 0 Å². The number of ether oxygens (including phenoxy) is 1. The normalized spacial score (nSPS) is 23.0. The van der Waals surface area contributed by atoms with Crippen LogP contribution in [0.2, 0.25) is 0 Å². The molecule has 2 fully saturated rings. The molecular weight excluding hydrogens is 348 g/mol. The number of nitrogens with one attached hydrogen (secondary N) is 2. The largest absolute Gasteiger partial charge is 0.377 e. The van der Waals surface area contributed by atoms with Crippen molar-refractivity contribution in [2.45, 2.75) is 51.4 Å². The standard InChI is InChI=1S/C19H28N4O4/c1-13-11-22(12-14(2)27-13)9-3-8-20-19(24)15-4-7-17(21-16-5-6-16)18(10-15)23(25)26/h4,7,10,13-14,16,21H,3,5-6,8-9,11-12H2,1-2H3,(H,20,24)/t13-,14-/m1/s1. The lowest BCUT2D eigenvalue weighted by Crippen LogP contribution is -2.46. The molecular formula is C19H28N4O4. The number of anilines is 1. The van der Waals surface area contributed by atoms with Crippen LogP contribution < -0.4 is 10.6 Å². The van der Waals surface area contributed by atoms with Crippen molar-refractivity contribution in [3.8, 4) is 0 Å². The summed E-state index contributed by atoms with van der Waals surface area (Å²) in [7, 11) is 0. The summed E-state index contributed by atoms with van der Waals surface area (Å²) in [6, 6.07) is 4.93. The second kappa shape index (κ2) is 8.67. The highest BCUT2D eigenvalue weighted by Crippen LogP contribution is 2.31. The number of nitro benzene ring substituents is 1. The Hall–Kier alpha value is -2.19. The van der Waals surface area contributed by atoms with Gasteiger partial charge in [-0.15, -0.1) is 0 Å². The van der Waals surface area contributed by atoms with Crippen LogP contribution >= 0.6 is 0 Å². The molecule has 0 spiro atoms. The van der Waals surface area contributed by atoms with E-state index in [2.05, 4.69) is 29.4 Å². The molecule has 1 saturated carbocycles. The van der Waals surface area contributed by atoms with Gasteiger partial charge in [0.15, 0.2) is 0 Å². The van der Waals surface area contributed by atoms with E-state index in [1.165, 1.54) is 6.07 Å². The van der Waals surface area contributed by atoms with Gasteiger partial charge in [0.1, 0.15) is 5.69 Å². The first kappa shape index (κ1) is 19.6. The van der Waals surface area contributed by atoms with Gasteiger partial charge in [0.05, 0.1) is 17.1 Å². The van der Waals surface area contributed by atoms with Crippen LogP contribution in [0.1, 0.15) is 43.5 Å². The van der Waals surface area contributed by atoms with Gasteiger partial charge in [-0.1, -0.05) is 0 Å². The minimum Gasteiger partial charge on any atom is -0.377 e. The number of amides is 1. The van der Waals surface area contributed by atoms with E-state index in [1.54, 1.807) is 12.1 Å². The van der Waals surface area contributed by atoms with Crippen LogP contribution in [0, 0.1) is 10.1 Å². The predicted octanol–water partition coefficient (Wildman–Crippen LogP) is 2.40. The van der Waals surface area contributed by atoms with Gasteiger partial charge in [0.2, 0.25) is 0 Å². The molecule has 2 N–H and O–H groups in total. The van der Waals surface area contributed by atoms with Crippen molar-refractivity contribution in [3.63, 3.8) is 0 Å². The summed E-state index contributed by atoms with van der Waals surface area (Å²) in [6.45, 7) is 7.37. The maximum absolute atomic E-state index is 12.3. The van der Waals surface area contributed by atoms with Crippen molar-refractivity contribution < 1.29 is 14.5 Å². The third-order valence-corrected chi connectivity index (χ3v) is 4.83. The number of carbonyl (C=O) groups excluding carboxylic acids is 1. The Kier molecular flexibility index (Phi) is 6.28. The fourth-order valence-electron chi connectivity index (χ4n) is 3.47. The Balaban J connectivity index is 1.48. The number of nitro groups is 1. The number of morpholine rings is 1. The Bertz CT molecular complexity index is 682. The first-order valence-electron chi connectivity index (χ1n) is 9.63. The molecule has 0 aromatic heterocycles. The van der Waals surface area contributed by atoms with Gasteiger partial charge >= 0.3 is 0 Å². The average Bonchev–Trinajstić information content (AvgIpc) is 3.42. The number of benzene rings is 1. The maximum Gasteiger partial charge on any atom is 0.293 e. The summed E-state index contributed by atoms with van der Waals surface area (Å²) in [5.74, 6) is -0.278. The highest BCUT2D eigenvalue weighted by molar-refractivity contribution is 5.95. The molecule has 2 aliphatic rings. The Labute approximate surface area is 159 Å². The molecule has 1 amide bonds. The number of rotatable bonds is 8. The van der Waals surface area contributed by atoms with Gasteiger partial charge in [-0.3, -0.25) is 19.8 Å². The molecule has 2 atom stereocenters. The number of hydrogen-bond donors (Lipinski definition) is 2. The number of nitrogens with zero attached hydrogens (tertiary/aromatic N) is 2. The number of hydrogen-bond acceptors (Lipinski definition) is 6. The molecule has 8 heteroatoms. The molecule has 0 bridgehead atoms. The molecule has 27 heavy (non-hydrogen) atoms. The molecule has 1 heterocycles. The average molecular weight is 376 g/mol. The molecule has 148 valence electrons. The molecule has 8 nitrogen and oxygen atoms in total. The maximum atomic E-state index is 12.3. The van der Waals surface area contributed by atoms with E-state index in [0.717, 1.165) is 38.9 Å². The Morgan fingerprint density at radius 3 is 2.63 bits per heavy atom. The van der Waals surface area contributed by atoms with E-state index in [1.807, 2.05) is 0 Å². The second-order valence-electron chi connectivity index (χ2n) is 7.53. The lowest BCUT2D eigenvalue weighted by Gasteiger charge is -2.35. The highest BCUT2D eigenvalue weighted by atomic mass is 16.6.